The summed E-state index contributed by atoms with van der Waals surface area (Å²) < 4.78 is 4.91. The maximum absolute atomic E-state index is 12.5. The third-order valence-electron chi connectivity index (χ3n) is 4.50. The van der Waals surface area contributed by atoms with Gasteiger partial charge in [0, 0.05) is 18.8 Å². The van der Waals surface area contributed by atoms with Crippen LogP contribution in [0, 0.1) is 0 Å². The minimum absolute atomic E-state index is 0.207. The molecule has 2 aliphatic heterocycles. The fraction of sp³-hybridized carbons (Fsp3) is 0.421. The van der Waals surface area contributed by atoms with E-state index in [1.54, 1.807) is 13.0 Å². The number of anilines is 1. The molecule has 1 unspecified atom stereocenters. The first-order valence-corrected chi connectivity index (χ1v) is 9.61. The smallest absolute Gasteiger partial charge is 0.329 e. The van der Waals surface area contributed by atoms with Gasteiger partial charge in [0.05, 0.1) is 11.5 Å². The SMILES string of the molecule is CCOC(=O)C(C)N1C(=O)S/C(=C/c2ccc(N3CCCC3)cc2)C1=O. The Morgan fingerprint density at radius 2 is 1.88 bits per heavy atom. The molecule has 0 radical (unpaired) electrons. The number of hydrogen-bond donors (Lipinski definition) is 0. The van der Waals surface area contributed by atoms with Crippen LogP contribution in [0.25, 0.3) is 6.08 Å². The average Bonchev–Trinajstić information content (AvgIpc) is 3.24. The summed E-state index contributed by atoms with van der Waals surface area (Å²) in [5.74, 6) is -1.03. The fourth-order valence-corrected chi connectivity index (χ4v) is 4.00. The molecule has 0 bridgehead atoms. The minimum atomic E-state index is -0.925. The van der Waals surface area contributed by atoms with Crippen LogP contribution in [0.15, 0.2) is 29.2 Å². The minimum Gasteiger partial charge on any atom is -0.464 e. The third-order valence-corrected chi connectivity index (χ3v) is 5.38. The molecule has 0 N–H and O–H groups in total. The molecular formula is C19H22N2O4S. The van der Waals surface area contributed by atoms with Gasteiger partial charge in [0.2, 0.25) is 0 Å². The zero-order valence-electron chi connectivity index (χ0n) is 14.9. The molecule has 0 aromatic heterocycles. The molecule has 2 aliphatic rings. The number of carbonyl (C=O) groups excluding carboxylic acids is 3. The first kappa shape index (κ1) is 18.5. The van der Waals surface area contributed by atoms with Gasteiger partial charge in [-0.1, -0.05) is 12.1 Å². The zero-order chi connectivity index (χ0) is 18.7. The Hall–Kier alpha value is -2.28. The number of thioether (sulfide) groups is 1. The van der Waals surface area contributed by atoms with Gasteiger partial charge in [-0.25, -0.2) is 4.79 Å². The Balaban J connectivity index is 1.74. The lowest BCUT2D eigenvalue weighted by atomic mass is 10.1. The van der Waals surface area contributed by atoms with Crippen molar-refractivity contribution < 1.29 is 19.1 Å². The van der Waals surface area contributed by atoms with E-state index in [2.05, 4.69) is 4.90 Å². The predicted molar refractivity (Wildman–Crippen MR) is 102 cm³/mol. The fourth-order valence-electron chi connectivity index (χ4n) is 3.09. The van der Waals surface area contributed by atoms with Crippen molar-refractivity contribution in [1.82, 2.24) is 4.90 Å². The quantitative estimate of drug-likeness (QED) is 0.582. The number of carbonyl (C=O) groups is 3. The predicted octanol–water partition coefficient (Wildman–Crippen LogP) is 3.27. The monoisotopic (exact) mass is 374 g/mol. The Labute approximate surface area is 157 Å². The highest BCUT2D eigenvalue weighted by molar-refractivity contribution is 8.18. The van der Waals surface area contributed by atoms with Gasteiger partial charge in [-0.15, -0.1) is 0 Å². The van der Waals surface area contributed by atoms with Gasteiger partial charge < -0.3 is 9.64 Å². The van der Waals surface area contributed by atoms with Crippen LogP contribution in [0.5, 0.6) is 0 Å². The molecular weight excluding hydrogens is 352 g/mol. The Morgan fingerprint density at radius 3 is 2.50 bits per heavy atom. The molecule has 2 fully saturated rings. The molecule has 26 heavy (non-hydrogen) atoms. The van der Waals surface area contributed by atoms with Crippen molar-refractivity contribution in [2.75, 3.05) is 24.6 Å². The van der Waals surface area contributed by atoms with Crippen LogP contribution in [-0.2, 0) is 14.3 Å². The van der Waals surface area contributed by atoms with E-state index in [0.29, 0.717) is 4.91 Å². The number of hydrogen-bond acceptors (Lipinski definition) is 6. The normalized spacial score (nSPS) is 20.2. The lowest BCUT2D eigenvalue weighted by molar-refractivity contribution is -0.150. The maximum atomic E-state index is 12.5. The second-order valence-corrected chi connectivity index (χ2v) is 7.26. The average molecular weight is 374 g/mol. The molecule has 1 aromatic rings. The molecule has 7 heteroatoms. The van der Waals surface area contributed by atoms with Crippen molar-refractivity contribution in [3.05, 3.63) is 34.7 Å². The summed E-state index contributed by atoms with van der Waals surface area (Å²) >= 11 is 0.850. The summed E-state index contributed by atoms with van der Waals surface area (Å²) in [7, 11) is 0. The number of esters is 1. The largest absolute Gasteiger partial charge is 0.464 e. The molecule has 1 aromatic carbocycles. The van der Waals surface area contributed by atoms with E-state index in [1.807, 2.05) is 24.3 Å². The van der Waals surface area contributed by atoms with Gasteiger partial charge in [0.25, 0.3) is 11.1 Å². The summed E-state index contributed by atoms with van der Waals surface area (Å²) in [5, 5.41) is -0.449. The summed E-state index contributed by atoms with van der Waals surface area (Å²) in [6.07, 6.45) is 4.12. The maximum Gasteiger partial charge on any atom is 0.329 e. The molecule has 1 atom stereocenters. The van der Waals surface area contributed by atoms with Crippen LogP contribution in [0.2, 0.25) is 0 Å². The molecule has 0 spiro atoms. The van der Waals surface area contributed by atoms with E-state index in [9.17, 15) is 14.4 Å². The van der Waals surface area contributed by atoms with Crippen molar-refractivity contribution in [2.45, 2.75) is 32.7 Å². The Kier molecular flexibility index (Phi) is 5.66. The van der Waals surface area contributed by atoms with E-state index in [4.69, 9.17) is 4.74 Å². The second-order valence-electron chi connectivity index (χ2n) is 6.27. The summed E-state index contributed by atoms with van der Waals surface area (Å²) in [6, 6.07) is 7.02. The van der Waals surface area contributed by atoms with Crippen molar-refractivity contribution in [3.63, 3.8) is 0 Å². The number of nitrogens with zero attached hydrogens (tertiary/aromatic N) is 2. The van der Waals surface area contributed by atoms with Crippen LogP contribution in [0.1, 0.15) is 32.3 Å². The molecule has 3 rings (SSSR count). The molecule has 0 saturated carbocycles. The first-order chi connectivity index (χ1) is 12.5. The topological polar surface area (TPSA) is 66.9 Å². The van der Waals surface area contributed by atoms with Crippen LogP contribution < -0.4 is 4.90 Å². The number of rotatable bonds is 5. The van der Waals surface area contributed by atoms with Gasteiger partial charge in [-0.3, -0.25) is 14.5 Å². The van der Waals surface area contributed by atoms with E-state index in [1.165, 1.54) is 25.5 Å². The van der Waals surface area contributed by atoms with Crippen LogP contribution in [-0.4, -0.2) is 47.8 Å². The highest BCUT2D eigenvalue weighted by Gasteiger charge is 2.41. The number of imide groups is 1. The summed E-state index contributed by atoms with van der Waals surface area (Å²) in [4.78, 5) is 40.2. The van der Waals surface area contributed by atoms with Gasteiger partial charge in [0.15, 0.2) is 0 Å². The zero-order valence-corrected chi connectivity index (χ0v) is 15.8. The van der Waals surface area contributed by atoms with Gasteiger partial charge in [-0.05, 0) is 62.2 Å². The van der Waals surface area contributed by atoms with E-state index >= 15 is 0 Å². The van der Waals surface area contributed by atoms with E-state index < -0.39 is 23.2 Å². The van der Waals surface area contributed by atoms with Crippen LogP contribution in [0.3, 0.4) is 0 Å². The molecule has 6 nitrogen and oxygen atoms in total. The van der Waals surface area contributed by atoms with Gasteiger partial charge >= 0.3 is 5.97 Å². The second kappa shape index (κ2) is 7.95. The molecule has 2 amide bonds. The molecule has 138 valence electrons. The molecule has 0 aliphatic carbocycles. The first-order valence-electron chi connectivity index (χ1n) is 8.80. The van der Waals surface area contributed by atoms with Crippen LogP contribution >= 0.6 is 11.8 Å². The third kappa shape index (κ3) is 3.77. The summed E-state index contributed by atoms with van der Waals surface area (Å²) in [6.45, 7) is 5.54. The van der Waals surface area contributed by atoms with Crippen molar-refractivity contribution in [2.24, 2.45) is 0 Å². The van der Waals surface area contributed by atoms with E-state index in [-0.39, 0.29) is 6.61 Å². The summed E-state index contributed by atoms with van der Waals surface area (Å²) in [5.41, 5.74) is 2.02. The Bertz CT molecular complexity index is 738. The number of amides is 2. The lowest BCUT2D eigenvalue weighted by Gasteiger charge is -2.19. The highest BCUT2D eigenvalue weighted by Crippen LogP contribution is 2.34. The van der Waals surface area contributed by atoms with E-state index in [0.717, 1.165) is 35.3 Å². The number of benzene rings is 1. The standard InChI is InChI=1S/C19H22N2O4S/c1-3-25-18(23)13(2)21-17(22)16(26-19(21)24)12-14-6-8-15(9-7-14)20-10-4-5-11-20/h6-9,12-13H,3-5,10-11H2,1-2H3/b16-12+. The molecule has 2 saturated heterocycles. The lowest BCUT2D eigenvalue weighted by Crippen LogP contribution is -2.42. The van der Waals surface area contributed by atoms with Crippen molar-refractivity contribution in [1.29, 1.82) is 0 Å². The highest BCUT2D eigenvalue weighted by atomic mass is 32.2. The van der Waals surface area contributed by atoms with Gasteiger partial charge in [-0.2, -0.15) is 0 Å². The molecule has 2 heterocycles. The van der Waals surface area contributed by atoms with Crippen molar-refractivity contribution >= 4 is 40.6 Å². The van der Waals surface area contributed by atoms with Gasteiger partial charge in [0.1, 0.15) is 6.04 Å². The van der Waals surface area contributed by atoms with Crippen molar-refractivity contribution in [3.8, 4) is 0 Å². The number of ether oxygens (including phenoxy) is 1. The Morgan fingerprint density at radius 1 is 1.23 bits per heavy atom. The van der Waals surface area contributed by atoms with Crippen LogP contribution in [0.4, 0.5) is 10.5 Å².